The Morgan fingerprint density at radius 1 is 1.20 bits per heavy atom. The summed E-state index contributed by atoms with van der Waals surface area (Å²) in [5.74, 6) is -0.868. The standard InChI is InChI=1S/C18H22ClF3N4O4/c1-3-16(28)24(2)30-17(29)26-8-6-25(7-9-26)11-15(27)23-14-10-12(18(20,21)22)4-5-13(14)19/h4-5,10H,3,6-9,11H2,1-2H3,(H,23,27). The lowest BCUT2D eigenvalue weighted by Crippen LogP contribution is -2.51. The molecule has 0 saturated carbocycles. The molecule has 3 amide bonds. The zero-order valence-electron chi connectivity index (χ0n) is 16.5. The molecule has 2 rings (SSSR count). The molecule has 0 radical (unpaired) electrons. The number of amides is 3. The summed E-state index contributed by atoms with van der Waals surface area (Å²) < 4.78 is 38.5. The van der Waals surface area contributed by atoms with Crippen LogP contribution in [0.1, 0.15) is 18.9 Å². The largest absolute Gasteiger partial charge is 0.434 e. The van der Waals surface area contributed by atoms with E-state index in [0.717, 1.165) is 23.3 Å². The van der Waals surface area contributed by atoms with Crippen molar-refractivity contribution < 1.29 is 32.4 Å². The zero-order valence-corrected chi connectivity index (χ0v) is 17.2. The van der Waals surface area contributed by atoms with Gasteiger partial charge in [0.25, 0.3) is 5.91 Å². The van der Waals surface area contributed by atoms with Crippen LogP contribution < -0.4 is 5.32 Å². The average molecular weight is 451 g/mol. The molecule has 1 aliphatic heterocycles. The van der Waals surface area contributed by atoms with Gasteiger partial charge in [-0.25, -0.2) is 4.79 Å². The Morgan fingerprint density at radius 2 is 1.83 bits per heavy atom. The van der Waals surface area contributed by atoms with Crippen molar-refractivity contribution >= 4 is 35.2 Å². The summed E-state index contributed by atoms with van der Waals surface area (Å²) in [5.41, 5.74) is -1.04. The number of nitrogens with one attached hydrogen (secondary N) is 1. The molecule has 0 bridgehead atoms. The fraction of sp³-hybridized carbons (Fsp3) is 0.500. The Balaban J connectivity index is 1.85. The van der Waals surface area contributed by atoms with Gasteiger partial charge in [0.1, 0.15) is 0 Å². The molecular weight excluding hydrogens is 429 g/mol. The number of carbonyl (C=O) groups is 3. The van der Waals surface area contributed by atoms with Crippen molar-refractivity contribution in [3.05, 3.63) is 28.8 Å². The quantitative estimate of drug-likeness (QED) is 0.713. The van der Waals surface area contributed by atoms with Crippen LogP contribution in [-0.2, 0) is 20.6 Å². The summed E-state index contributed by atoms with van der Waals surface area (Å²) in [6.45, 7) is 2.80. The van der Waals surface area contributed by atoms with Crippen molar-refractivity contribution in [2.45, 2.75) is 19.5 Å². The van der Waals surface area contributed by atoms with Gasteiger partial charge in [-0.2, -0.15) is 18.2 Å². The Kier molecular flexibility index (Phi) is 7.90. The molecule has 30 heavy (non-hydrogen) atoms. The first kappa shape index (κ1) is 23.7. The Bertz CT molecular complexity index is 798. The van der Waals surface area contributed by atoms with Gasteiger partial charge in [-0.1, -0.05) is 18.5 Å². The number of benzene rings is 1. The number of anilines is 1. The summed E-state index contributed by atoms with van der Waals surface area (Å²) >= 11 is 5.88. The van der Waals surface area contributed by atoms with E-state index in [4.69, 9.17) is 16.4 Å². The predicted molar refractivity (Wildman–Crippen MR) is 103 cm³/mol. The van der Waals surface area contributed by atoms with Crippen LogP contribution in [0.15, 0.2) is 18.2 Å². The number of alkyl halides is 3. The fourth-order valence-corrected chi connectivity index (χ4v) is 2.89. The van der Waals surface area contributed by atoms with E-state index < -0.39 is 23.7 Å². The minimum Gasteiger partial charge on any atom is -0.324 e. The first-order valence-corrected chi connectivity index (χ1v) is 9.51. The molecular formula is C18H22ClF3N4O4. The third kappa shape index (κ3) is 6.49. The summed E-state index contributed by atoms with van der Waals surface area (Å²) in [5, 5.41) is 3.26. The van der Waals surface area contributed by atoms with Crippen LogP contribution >= 0.6 is 11.6 Å². The van der Waals surface area contributed by atoms with Gasteiger partial charge in [0.15, 0.2) is 0 Å². The van der Waals surface area contributed by atoms with Gasteiger partial charge < -0.3 is 15.1 Å². The highest BCUT2D eigenvalue weighted by Gasteiger charge is 2.31. The number of hydrogen-bond donors (Lipinski definition) is 1. The van der Waals surface area contributed by atoms with E-state index in [1.807, 2.05) is 0 Å². The molecule has 1 heterocycles. The topological polar surface area (TPSA) is 82.2 Å². The molecule has 0 unspecified atom stereocenters. The molecule has 1 aliphatic rings. The monoisotopic (exact) mass is 450 g/mol. The van der Waals surface area contributed by atoms with Gasteiger partial charge in [0.2, 0.25) is 5.91 Å². The van der Waals surface area contributed by atoms with Gasteiger partial charge in [-0.05, 0) is 18.2 Å². The highest BCUT2D eigenvalue weighted by Crippen LogP contribution is 2.33. The maximum absolute atomic E-state index is 12.8. The van der Waals surface area contributed by atoms with Crippen LogP contribution in [-0.4, -0.2) is 72.5 Å². The van der Waals surface area contributed by atoms with Crippen LogP contribution in [0.25, 0.3) is 0 Å². The summed E-state index contributed by atoms with van der Waals surface area (Å²) in [4.78, 5) is 43.8. The van der Waals surface area contributed by atoms with E-state index in [2.05, 4.69) is 5.32 Å². The third-order valence-corrected chi connectivity index (χ3v) is 4.76. The number of halogens is 4. The van der Waals surface area contributed by atoms with Gasteiger partial charge in [-0.15, -0.1) is 0 Å². The lowest BCUT2D eigenvalue weighted by atomic mass is 10.2. The second-order valence-electron chi connectivity index (χ2n) is 6.61. The maximum atomic E-state index is 12.8. The Labute approximate surface area is 176 Å². The molecule has 1 fully saturated rings. The predicted octanol–water partition coefficient (Wildman–Crippen LogP) is 2.83. The van der Waals surface area contributed by atoms with Crippen molar-refractivity contribution in [3.63, 3.8) is 0 Å². The van der Waals surface area contributed by atoms with Gasteiger partial charge in [0, 0.05) is 39.6 Å². The van der Waals surface area contributed by atoms with Crippen molar-refractivity contribution in [2.24, 2.45) is 0 Å². The number of rotatable bonds is 4. The van der Waals surface area contributed by atoms with Crippen LogP contribution in [0.4, 0.5) is 23.7 Å². The van der Waals surface area contributed by atoms with E-state index >= 15 is 0 Å². The van der Waals surface area contributed by atoms with Crippen molar-refractivity contribution in [2.75, 3.05) is 45.1 Å². The molecule has 1 aromatic carbocycles. The van der Waals surface area contributed by atoms with Gasteiger partial charge in [-0.3, -0.25) is 14.5 Å². The number of carbonyl (C=O) groups excluding carboxylic acids is 3. The van der Waals surface area contributed by atoms with E-state index in [-0.39, 0.29) is 42.7 Å². The van der Waals surface area contributed by atoms with Crippen LogP contribution in [0.2, 0.25) is 5.02 Å². The third-order valence-electron chi connectivity index (χ3n) is 4.43. The van der Waals surface area contributed by atoms with E-state index in [0.29, 0.717) is 13.1 Å². The molecule has 1 saturated heterocycles. The summed E-state index contributed by atoms with van der Waals surface area (Å²) in [6.07, 6.45) is -5.02. The van der Waals surface area contributed by atoms with Crippen LogP contribution in [0.5, 0.6) is 0 Å². The van der Waals surface area contributed by atoms with Crippen molar-refractivity contribution in [1.29, 1.82) is 0 Å². The molecule has 0 spiro atoms. The summed E-state index contributed by atoms with van der Waals surface area (Å²) in [7, 11) is 1.35. The second-order valence-corrected chi connectivity index (χ2v) is 7.01. The molecule has 0 aromatic heterocycles. The van der Waals surface area contributed by atoms with E-state index in [1.165, 1.54) is 11.9 Å². The lowest BCUT2D eigenvalue weighted by Gasteiger charge is -2.34. The molecule has 0 atom stereocenters. The lowest BCUT2D eigenvalue weighted by molar-refractivity contribution is -0.162. The Morgan fingerprint density at radius 3 is 2.40 bits per heavy atom. The first-order chi connectivity index (χ1) is 14.0. The number of hydroxylamine groups is 2. The number of nitrogens with zero attached hydrogens (tertiary/aromatic N) is 3. The van der Waals surface area contributed by atoms with Gasteiger partial charge >= 0.3 is 12.3 Å². The van der Waals surface area contributed by atoms with Gasteiger partial charge in [0.05, 0.1) is 22.8 Å². The van der Waals surface area contributed by atoms with E-state index in [1.54, 1.807) is 11.8 Å². The highest BCUT2D eigenvalue weighted by molar-refractivity contribution is 6.33. The smallest absolute Gasteiger partial charge is 0.324 e. The molecule has 1 N–H and O–H groups in total. The van der Waals surface area contributed by atoms with Crippen molar-refractivity contribution in [1.82, 2.24) is 14.9 Å². The summed E-state index contributed by atoms with van der Waals surface area (Å²) in [6, 6.07) is 2.69. The molecule has 0 aliphatic carbocycles. The zero-order chi connectivity index (χ0) is 22.5. The van der Waals surface area contributed by atoms with Crippen molar-refractivity contribution in [3.8, 4) is 0 Å². The maximum Gasteiger partial charge on any atom is 0.434 e. The first-order valence-electron chi connectivity index (χ1n) is 9.13. The SMILES string of the molecule is CCC(=O)N(C)OC(=O)N1CCN(CC(=O)Nc2cc(C(F)(F)F)ccc2Cl)CC1. The van der Waals surface area contributed by atoms with E-state index in [9.17, 15) is 27.6 Å². The minimum atomic E-state index is -4.55. The minimum absolute atomic E-state index is 0.00494. The normalized spacial score (nSPS) is 14.9. The second kappa shape index (κ2) is 9.98. The molecule has 12 heteroatoms. The average Bonchev–Trinajstić information content (AvgIpc) is 2.68. The van der Waals surface area contributed by atoms with Crippen LogP contribution in [0.3, 0.4) is 0 Å². The molecule has 8 nitrogen and oxygen atoms in total. The molecule has 1 aromatic rings. The Hall–Kier alpha value is -2.53. The fourth-order valence-electron chi connectivity index (χ4n) is 2.73. The number of piperazine rings is 1. The highest BCUT2D eigenvalue weighted by atomic mass is 35.5. The molecule has 166 valence electrons. The van der Waals surface area contributed by atoms with Crippen LogP contribution in [0, 0.1) is 0 Å². The number of hydrogen-bond acceptors (Lipinski definition) is 5.